The molecule has 29 heavy (non-hydrogen) atoms. The highest BCUT2D eigenvalue weighted by atomic mass is 32.2. The maximum Gasteiger partial charge on any atom is 0.243 e. The van der Waals surface area contributed by atoms with Crippen LogP contribution in [0.4, 0.5) is 5.69 Å². The Bertz CT molecular complexity index is 1030. The van der Waals surface area contributed by atoms with E-state index in [2.05, 4.69) is 0 Å². The third-order valence-corrected chi connectivity index (χ3v) is 9.41. The van der Waals surface area contributed by atoms with Crippen molar-refractivity contribution in [2.24, 2.45) is 0 Å². The molecular weight excluding hydrogens is 412 g/mol. The molecule has 1 atom stereocenters. The molecule has 154 valence electrons. The molecule has 1 spiro atoms. The lowest BCUT2D eigenvalue weighted by Gasteiger charge is -2.42. The van der Waals surface area contributed by atoms with Crippen LogP contribution < -0.4 is 9.64 Å². The minimum atomic E-state index is -3.67. The third-order valence-electron chi connectivity index (χ3n) is 5.55. The van der Waals surface area contributed by atoms with Gasteiger partial charge in [-0.2, -0.15) is 4.31 Å². The van der Waals surface area contributed by atoms with Crippen LogP contribution in [0.1, 0.15) is 12.8 Å². The van der Waals surface area contributed by atoms with E-state index in [0.29, 0.717) is 24.3 Å². The Labute approximate surface area is 172 Å². The number of piperidine rings is 1. The molecule has 2 aromatic carbocycles. The largest absolute Gasteiger partial charge is 0.497 e. The number of sulfonamides is 1. The van der Waals surface area contributed by atoms with Crippen LogP contribution in [0, 0.1) is 0 Å². The van der Waals surface area contributed by atoms with Crippen molar-refractivity contribution in [3.63, 3.8) is 0 Å². The first-order chi connectivity index (χ1) is 13.9. The van der Waals surface area contributed by atoms with Crippen LogP contribution in [0.2, 0.25) is 0 Å². The SMILES string of the molecule is COc1ccc(S(=O)(=O)N2CCC3(CC2)N(c2ccccc2)C(=O)CS3=O)cc1. The van der Waals surface area contributed by atoms with Gasteiger partial charge in [0.05, 0.1) is 22.8 Å². The molecule has 2 aliphatic rings. The highest BCUT2D eigenvalue weighted by Gasteiger charge is 2.54. The monoisotopic (exact) mass is 434 g/mol. The summed E-state index contributed by atoms with van der Waals surface area (Å²) in [6, 6.07) is 15.4. The zero-order chi connectivity index (χ0) is 20.6. The van der Waals surface area contributed by atoms with Gasteiger partial charge in [-0.3, -0.25) is 13.9 Å². The second-order valence-corrected chi connectivity index (χ2v) is 10.8. The minimum Gasteiger partial charge on any atom is -0.497 e. The number of anilines is 1. The van der Waals surface area contributed by atoms with Crippen LogP contribution in [0.15, 0.2) is 59.5 Å². The summed E-state index contributed by atoms with van der Waals surface area (Å²) < 4.78 is 45.4. The van der Waals surface area contributed by atoms with Crippen LogP contribution in [-0.4, -0.2) is 53.7 Å². The van der Waals surface area contributed by atoms with Crippen LogP contribution in [-0.2, 0) is 25.6 Å². The summed E-state index contributed by atoms with van der Waals surface area (Å²) in [6.45, 7) is 0.410. The van der Waals surface area contributed by atoms with E-state index in [0.717, 1.165) is 0 Å². The van der Waals surface area contributed by atoms with Gasteiger partial charge in [0.25, 0.3) is 0 Å². The fourth-order valence-electron chi connectivity index (χ4n) is 4.02. The molecule has 4 rings (SSSR count). The molecule has 2 saturated heterocycles. The molecule has 1 unspecified atom stereocenters. The van der Waals surface area contributed by atoms with Crippen LogP contribution >= 0.6 is 0 Å². The molecule has 0 aliphatic carbocycles. The predicted molar refractivity (Wildman–Crippen MR) is 111 cm³/mol. The zero-order valence-corrected chi connectivity index (χ0v) is 17.6. The van der Waals surface area contributed by atoms with E-state index < -0.39 is 25.7 Å². The van der Waals surface area contributed by atoms with Crippen LogP contribution in [0.3, 0.4) is 0 Å². The molecule has 0 N–H and O–H groups in total. The quantitative estimate of drug-likeness (QED) is 0.735. The molecule has 7 nitrogen and oxygen atoms in total. The number of methoxy groups -OCH3 is 1. The van der Waals surface area contributed by atoms with Gasteiger partial charge in [-0.25, -0.2) is 8.42 Å². The van der Waals surface area contributed by atoms with Gasteiger partial charge in [0.15, 0.2) is 0 Å². The van der Waals surface area contributed by atoms with E-state index in [-0.39, 0.29) is 29.6 Å². The first-order valence-electron chi connectivity index (χ1n) is 9.29. The van der Waals surface area contributed by atoms with Crippen molar-refractivity contribution in [1.82, 2.24) is 4.31 Å². The Morgan fingerprint density at radius 1 is 1.00 bits per heavy atom. The van der Waals surface area contributed by atoms with Gasteiger partial charge >= 0.3 is 0 Å². The standard InChI is InChI=1S/C20H22N2O5S2/c1-27-17-7-9-18(10-8-17)29(25,26)21-13-11-20(12-14-21)22(19(23)15-28(20)24)16-5-3-2-4-6-16/h2-10H,11-15H2,1H3. The van der Waals surface area contributed by atoms with Crippen molar-refractivity contribution in [2.75, 3.05) is 30.9 Å². The maximum atomic E-state index is 13.0. The molecule has 2 heterocycles. The van der Waals surface area contributed by atoms with E-state index in [1.807, 2.05) is 30.3 Å². The van der Waals surface area contributed by atoms with Crippen LogP contribution in [0.5, 0.6) is 5.75 Å². The summed E-state index contributed by atoms with van der Waals surface area (Å²) in [7, 11) is -3.53. The number of rotatable bonds is 4. The van der Waals surface area contributed by atoms with Gasteiger partial charge in [-0.1, -0.05) is 18.2 Å². The molecule has 0 aromatic heterocycles. The molecule has 2 aromatic rings. The molecule has 9 heteroatoms. The molecule has 2 fully saturated rings. The highest BCUT2D eigenvalue weighted by Crippen LogP contribution is 2.41. The number of nitrogens with zero attached hydrogens (tertiary/aromatic N) is 2. The van der Waals surface area contributed by atoms with Gasteiger partial charge in [-0.05, 0) is 49.2 Å². The van der Waals surface area contributed by atoms with Crippen molar-refractivity contribution < 1.29 is 22.2 Å². The third kappa shape index (κ3) is 3.37. The summed E-state index contributed by atoms with van der Waals surface area (Å²) in [6.07, 6.45) is 0.658. The molecule has 1 amide bonds. The van der Waals surface area contributed by atoms with Gasteiger partial charge in [0, 0.05) is 18.8 Å². The Balaban J connectivity index is 1.58. The maximum absolute atomic E-state index is 13.0. The van der Waals surface area contributed by atoms with Gasteiger partial charge in [0.1, 0.15) is 16.4 Å². The Morgan fingerprint density at radius 2 is 1.62 bits per heavy atom. The summed E-state index contributed by atoms with van der Waals surface area (Å²) in [5, 5.41) is 0. The lowest BCUT2D eigenvalue weighted by Crippen LogP contribution is -2.56. The topological polar surface area (TPSA) is 84.0 Å². The predicted octanol–water partition coefficient (Wildman–Crippen LogP) is 1.97. The normalized spacial score (nSPS) is 22.2. The van der Waals surface area contributed by atoms with Gasteiger partial charge < -0.3 is 4.74 Å². The second kappa shape index (κ2) is 7.55. The number of amides is 1. The number of ether oxygens (including phenoxy) is 1. The summed E-state index contributed by atoms with van der Waals surface area (Å²) >= 11 is 0. The van der Waals surface area contributed by atoms with Gasteiger partial charge in [0.2, 0.25) is 15.9 Å². The van der Waals surface area contributed by atoms with Crippen molar-refractivity contribution in [3.05, 3.63) is 54.6 Å². The van der Waals surface area contributed by atoms with E-state index in [1.165, 1.54) is 23.5 Å². The Hall–Kier alpha value is -2.23. The summed E-state index contributed by atoms with van der Waals surface area (Å²) in [4.78, 5) is 13.6. The lowest BCUT2D eigenvalue weighted by molar-refractivity contribution is -0.116. The smallest absolute Gasteiger partial charge is 0.243 e. The number of para-hydroxylation sites is 1. The number of carbonyl (C=O) groups excluding carboxylic acids is 1. The van der Waals surface area contributed by atoms with E-state index in [1.54, 1.807) is 17.0 Å². The molecular formula is C20H22N2O5S2. The number of benzene rings is 2. The second-order valence-electron chi connectivity index (χ2n) is 7.08. The molecule has 2 aliphatic heterocycles. The van der Waals surface area contributed by atoms with Crippen molar-refractivity contribution in [3.8, 4) is 5.75 Å². The minimum absolute atomic E-state index is 0.0277. The summed E-state index contributed by atoms with van der Waals surface area (Å²) in [5.74, 6) is 0.376. The number of hydrogen-bond acceptors (Lipinski definition) is 5. The van der Waals surface area contributed by atoms with Crippen molar-refractivity contribution in [1.29, 1.82) is 0 Å². The Kier molecular flexibility index (Phi) is 5.22. The zero-order valence-electron chi connectivity index (χ0n) is 16.0. The van der Waals surface area contributed by atoms with Crippen molar-refractivity contribution in [2.45, 2.75) is 22.6 Å². The molecule has 0 saturated carbocycles. The highest BCUT2D eigenvalue weighted by molar-refractivity contribution is 7.89. The van der Waals surface area contributed by atoms with E-state index >= 15 is 0 Å². The van der Waals surface area contributed by atoms with Crippen molar-refractivity contribution >= 4 is 32.4 Å². The number of carbonyl (C=O) groups is 1. The van der Waals surface area contributed by atoms with Gasteiger partial charge in [-0.15, -0.1) is 0 Å². The average molecular weight is 435 g/mol. The first kappa shape index (κ1) is 20.1. The molecule has 0 radical (unpaired) electrons. The molecule has 0 bridgehead atoms. The first-order valence-corrected chi connectivity index (χ1v) is 12.1. The van der Waals surface area contributed by atoms with E-state index in [4.69, 9.17) is 4.74 Å². The lowest BCUT2D eigenvalue weighted by atomic mass is 10.0. The Morgan fingerprint density at radius 3 is 2.21 bits per heavy atom. The summed E-state index contributed by atoms with van der Waals surface area (Å²) in [5.41, 5.74) is 0.704. The van der Waals surface area contributed by atoms with Crippen LogP contribution in [0.25, 0.3) is 0 Å². The average Bonchev–Trinajstić information content (AvgIpc) is 2.98. The number of hydrogen-bond donors (Lipinski definition) is 0. The fourth-order valence-corrected chi connectivity index (χ4v) is 7.13. The van der Waals surface area contributed by atoms with E-state index in [9.17, 15) is 17.4 Å². The fraction of sp³-hybridized carbons (Fsp3) is 0.350.